The highest BCUT2D eigenvalue weighted by molar-refractivity contribution is 6.07. The summed E-state index contributed by atoms with van der Waals surface area (Å²) < 4.78 is 10.3. The summed E-state index contributed by atoms with van der Waals surface area (Å²) >= 11 is 0. The van der Waals surface area contributed by atoms with E-state index in [1.165, 1.54) is 0 Å². The Balaban J connectivity index is 2.18. The first-order valence-corrected chi connectivity index (χ1v) is 5.69. The smallest absolute Gasteiger partial charge is 0.269 e. The number of aliphatic hydroxyl groups is 1. The van der Waals surface area contributed by atoms with E-state index in [-0.39, 0.29) is 24.5 Å². The Bertz CT molecular complexity index is 587. The Hall–Kier alpha value is -2.68. The molecule has 1 aliphatic heterocycles. The number of amides is 1. The number of hydrogen-bond acceptors (Lipinski definition) is 5. The largest absolute Gasteiger partial charge is 0.511 e. The van der Waals surface area contributed by atoms with Gasteiger partial charge in [0.1, 0.15) is 11.8 Å². The van der Waals surface area contributed by atoms with Crippen LogP contribution in [0.25, 0.3) is 0 Å². The Kier molecular flexibility index (Phi) is 3.57. The van der Waals surface area contributed by atoms with Crippen molar-refractivity contribution in [3.8, 4) is 17.6 Å². The Labute approximate surface area is 109 Å². The first kappa shape index (κ1) is 12.8. The first-order valence-electron chi connectivity index (χ1n) is 5.69. The van der Waals surface area contributed by atoms with Crippen LogP contribution in [0.2, 0.25) is 0 Å². The summed E-state index contributed by atoms with van der Waals surface area (Å²) in [6.07, 6.45) is 0.220. The summed E-state index contributed by atoms with van der Waals surface area (Å²) in [5.74, 6) is 0.243. The molecular weight excluding hydrogens is 248 g/mol. The van der Waals surface area contributed by atoms with Crippen molar-refractivity contribution < 1.29 is 19.4 Å². The number of hydrogen-bond donors (Lipinski definition) is 2. The standard InChI is InChI=1S/C13H12N2O4/c1-2-10(16)9(6-14)13(17)15-8-3-4-11-12(5-8)19-7-18-11/h3-5,16H,2,7H2,1H3,(H,15,17). The second kappa shape index (κ2) is 5.31. The second-order valence-electron chi connectivity index (χ2n) is 3.81. The van der Waals surface area contributed by atoms with Gasteiger partial charge in [-0.3, -0.25) is 4.79 Å². The first-order chi connectivity index (χ1) is 9.15. The number of carbonyl (C=O) groups excluding carboxylic acids is 1. The van der Waals surface area contributed by atoms with Gasteiger partial charge in [0.2, 0.25) is 6.79 Å². The maximum Gasteiger partial charge on any atom is 0.269 e. The van der Waals surface area contributed by atoms with Crippen LogP contribution in [0.4, 0.5) is 5.69 Å². The molecule has 0 unspecified atom stereocenters. The highest BCUT2D eigenvalue weighted by Gasteiger charge is 2.17. The number of fused-ring (bicyclic) bond motifs is 1. The van der Waals surface area contributed by atoms with Gasteiger partial charge in [-0.05, 0) is 12.1 Å². The van der Waals surface area contributed by atoms with Gasteiger partial charge in [0.15, 0.2) is 17.1 Å². The molecule has 19 heavy (non-hydrogen) atoms. The van der Waals surface area contributed by atoms with Gasteiger partial charge in [0.05, 0.1) is 0 Å². The SMILES string of the molecule is CCC(O)=C(C#N)C(=O)Nc1ccc2c(c1)OCO2. The quantitative estimate of drug-likeness (QED) is 0.493. The van der Waals surface area contributed by atoms with E-state index < -0.39 is 5.91 Å². The summed E-state index contributed by atoms with van der Waals surface area (Å²) in [5.41, 5.74) is 0.172. The molecule has 0 atom stereocenters. The molecule has 1 aliphatic rings. The van der Waals surface area contributed by atoms with Crippen molar-refractivity contribution in [1.82, 2.24) is 0 Å². The maximum atomic E-state index is 11.8. The van der Waals surface area contributed by atoms with Gasteiger partial charge >= 0.3 is 0 Å². The van der Waals surface area contributed by atoms with Crippen LogP contribution in [0.15, 0.2) is 29.5 Å². The summed E-state index contributed by atoms with van der Waals surface area (Å²) in [6, 6.07) is 6.57. The van der Waals surface area contributed by atoms with Crippen molar-refractivity contribution in [1.29, 1.82) is 5.26 Å². The second-order valence-corrected chi connectivity index (χ2v) is 3.81. The van der Waals surface area contributed by atoms with Crippen molar-refractivity contribution in [2.75, 3.05) is 12.1 Å². The minimum Gasteiger partial charge on any atom is -0.511 e. The average molecular weight is 260 g/mol. The van der Waals surface area contributed by atoms with E-state index in [2.05, 4.69) is 5.32 Å². The molecule has 0 spiro atoms. The molecular formula is C13H12N2O4. The van der Waals surface area contributed by atoms with E-state index in [0.29, 0.717) is 17.2 Å². The summed E-state index contributed by atoms with van der Waals surface area (Å²) in [6.45, 7) is 1.80. The molecule has 0 aliphatic carbocycles. The third-order valence-electron chi connectivity index (χ3n) is 2.59. The molecule has 0 saturated carbocycles. The van der Waals surface area contributed by atoms with Gasteiger partial charge < -0.3 is 19.9 Å². The summed E-state index contributed by atoms with van der Waals surface area (Å²) in [4.78, 5) is 11.8. The third kappa shape index (κ3) is 2.60. The zero-order chi connectivity index (χ0) is 13.8. The van der Waals surface area contributed by atoms with Crippen LogP contribution in [0.5, 0.6) is 11.5 Å². The molecule has 0 saturated heterocycles. The molecule has 1 aromatic carbocycles. The Morgan fingerprint density at radius 1 is 1.47 bits per heavy atom. The third-order valence-corrected chi connectivity index (χ3v) is 2.59. The number of ether oxygens (including phenoxy) is 2. The Morgan fingerprint density at radius 3 is 2.89 bits per heavy atom. The fraction of sp³-hybridized carbons (Fsp3) is 0.231. The fourth-order valence-corrected chi connectivity index (χ4v) is 1.59. The van der Waals surface area contributed by atoms with Crippen LogP contribution in [-0.2, 0) is 4.79 Å². The molecule has 0 aromatic heterocycles. The van der Waals surface area contributed by atoms with E-state index in [4.69, 9.17) is 14.7 Å². The van der Waals surface area contributed by atoms with E-state index in [1.807, 2.05) is 0 Å². The molecule has 6 nitrogen and oxygen atoms in total. The predicted octanol–water partition coefficient (Wildman–Crippen LogP) is 2.10. The number of nitrogens with zero attached hydrogens (tertiary/aromatic N) is 1. The number of rotatable bonds is 3. The molecule has 0 bridgehead atoms. The molecule has 1 heterocycles. The minimum atomic E-state index is -0.652. The van der Waals surface area contributed by atoms with E-state index >= 15 is 0 Å². The van der Waals surface area contributed by atoms with Crippen LogP contribution in [0.3, 0.4) is 0 Å². The van der Waals surface area contributed by atoms with E-state index in [1.54, 1.807) is 31.2 Å². The highest BCUT2D eigenvalue weighted by Crippen LogP contribution is 2.34. The van der Waals surface area contributed by atoms with Gasteiger partial charge in [0.25, 0.3) is 5.91 Å². The molecule has 98 valence electrons. The molecule has 1 amide bonds. The Morgan fingerprint density at radius 2 is 2.21 bits per heavy atom. The number of allylic oxidation sites excluding steroid dienone is 1. The molecule has 0 radical (unpaired) electrons. The molecule has 0 fully saturated rings. The predicted molar refractivity (Wildman–Crippen MR) is 66.8 cm³/mol. The summed E-state index contributed by atoms with van der Waals surface area (Å²) in [7, 11) is 0. The number of nitrogens with one attached hydrogen (secondary N) is 1. The topological polar surface area (TPSA) is 91.6 Å². The lowest BCUT2D eigenvalue weighted by Gasteiger charge is -2.06. The van der Waals surface area contributed by atoms with Gasteiger partial charge in [-0.1, -0.05) is 6.92 Å². The lowest BCUT2D eigenvalue weighted by atomic mass is 10.2. The average Bonchev–Trinajstić information content (AvgIpc) is 2.86. The maximum absolute atomic E-state index is 11.8. The van der Waals surface area contributed by atoms with Crippen LogP contribution in [0, 0.1) is 11.3 Å². The van der Waals surface area contributed by atoms with Crippen molar-refractivity contribution in [2.24, 2.45) is 0 Å². The normalized spacial score (nSPS) is 13.5. The number of carbonyl (C=O) groups is 1. The van der Waals surface area contributed by atoms with Crippen molar-refractivity contribution in [2.45, 2.75) is 13.3 Å². The van der Waals surface area contributed by atoms with Crippen LogP contribution in [0.1, 0.15) is 13.3 Å². The van der Waals surface area contributed by atoms with E-state index in [9.17, 15) is 9.90 Å². The monoisotopic (exact) mass is 260 g/mol. The van der Waals surface area contributed by atoms with Crippen molar-refractivity contribution in [3.63, 3.8) is 0 Å². The highest BCUT2D eigenvalue weighted by atomic mass is 16.7. The molecule has 2 rings (SSSR count). The van der Waals surface area contributed by atoms with Gasteiger partial charge in [-0.25, -0.2) is 0 Å². The molecule has 6 heteroatoms. The number of nitriles is 1. The fourth-order valence-electron chi connectivity index (χ4n) is 1.59. The lowest BCUT2D eigenvalue weighted by molar-refractivity contribution is -0.112. The van der Waals surface area contributed by atoms with Crippen molar-refractivity contribution in [3.05, 3.63) is 29.5 Å². The van der Waals surface area contributed by atoms with Gasteiger partial charge in [-0.2, -0.15) is 5.26 Å². The van der Waals surface area contributed by atoms with Crippen LogP contribution >= 0.6 is 0 Å². The lowest BCUT2D eigenvalue weighted by Crippen LogP contribution is -2.15. The number of benzene rings is 1. The number of anilines is 1. The van der Waals surface area contributed by atoms with Gasteiger partial charge in [0, 0.05) is 18.2 Å². The van der Waals surface area contributed by atoms with Crippen LogP contribution < -0.4 is 14.8 Å². The minimum absolute atomic E-state index is 0.146. The van der Waals surface area contributed by atoms with Crippen LogP contribution in [-0.4, -0.2) is 17.8 Å². The molecule has 2 N–H and O–H groups in total. The van der Waals surface area contributed by atoms with Crippen molar-refractivity contribution >= 4 is 11.6 Å². The van der Waals surface area contributed by atoms with Gasteiger partial charge in [-0.15, -0.1) is 0 Å². The zero-order valence-corrected chi connectivity index (χ0v) is 10.3. The number of aliphatic hydroxyl groups excluding tert-OH is 1. The zero-order valence-electron chi connectivity index (χ0n) is 10.3. The van der Waals surface area contributed by atoms with E-state index in [0.717, 1.165) is 0 Å². The molecule has 1 aromatic rings. The summed E-state index contributed by atoms with van der Waals surface area (Å²) in [5, 5.41) is 20.9.